The van der Waals surface area contributed by atoms with Crippen molar-refractivity contribution >= 4 is 33.0 Å². The van der Waals surface area contributed by atoms with E-state index in [9.17, 15) is 13.2 Å². The fraction of sp³-hybridized carbons (Fsp3) is 0.450. The molecule has 28 heavy (non-hydrogen) atoms. The molecular weight excluding hydrogens is 394 g/mol. The number of likely N-dealkylation sites (N-methyl/N-ethyl adjacent to an activating group) is 1. The van der Waals surface area contributed by atoms with Crippen LogP contribution < -0.4 is 5.32 Å². The standard InChI is InChI=1S/C20H27N3O3S2/c1-16-9-12-27-19(16)14-22(2)15-20(24)21-17-7-6-8-18(13-17)28(25,26)23-10-4-3-5-11-23/h6-9,12-13H,3-5,10-11,14-15H2,1-2H3,(H,21,24). The summed E-state index contributed by atoms with van der Waals surface area (Å²) in [5.41, 5.74) is 1.73. The van der Waals surface area contributed by atoms with Crippen LogP contribution in [0.2, 0.25) is 0 Å². The Hall–Kier alpha value is -1.74. The number of carbonyl (C=O) groups is 1. The van der Waals surface area contributed by atoms with Crippen LogP contribution in [0.5, 0.6) is 0 Å². The van der Waals surface area contributed by atoms with E-state index in [-0.39, 0.29) is 17.3 Å². The molecule has 3 rings (SSSR count). The lowest BCUT2D eigenvalue weighted by Crippen LogP contribution is -2.35. The van der Waals surface area contributed by atoms with Gasteiger partial charge < -0.3 is 5.32 Å². The van der Waals surface area contributed by atoms with Crippen LogP contribution in [0.4, 0.5) is 5.69 Å². The number of hydrogen-bond donors (Lipinski definition) is 1. The van der Waals surface area contributed by atoms with Crippen molar-refractivity contribution < 1.29 is 13.2 Å². The Morgan fingerprint density at radius 1 is 1.21 bits per heavy atom. The maximum absolute atomic E-state index is 12.8. The molecule has 0 atom stereocenters. The minimum atomic E-state index is -3.51. The van der Waals surface area contributed by atoms with Crippen LogP contribution in [0, 0.1) is 6.92 Å². The first kappa shape index (κ1) is 21.0. The lowest BCUT2D eigenvalue weighted by Gasteiger charge is -2.26. The van der Waals surface area contributed by atoms with Gasteiger partial charge >= 0.3 is 0 Å². The van der Waals surface area contributed by atoms with Crippen molar-refractivity contribution in [3.63, 3.8) is 0 Å². The first-order valence-corrected chi connectivity index (χ1v) is 11.8. The third-order valence-electron chi connectivity index (χ3n) is 4.87. The van der Waals surface area contributed by atoms with Crippen LogP contribution in [-0.2, 0) is 21.4 Å². The van der Waals surface area contributed by atoms with Crippen molar-refractivity contribution in [2.75, 3.05) is 32.0 Å². The largest absolute Gasteiger partial charge is 0.325 e. The molecule has 1 amide bonds. The Morgan fingerprint density at radius 2 is 1.96 bits per heavy atom. The van der Waals surface area contributed by atoms with E-state index in [4.69, 9.17) is 0 Å². The van der Waals surface area contributed by atoms with Gasteiger partial charge in [-0.05, 0) is 62.0 Å². The van der Waals surface area contributed by atoms with Crippen molar-refractivity contribution in [2.45, 2.75) is 37.6 Å². The number of sulfonamides is 1. The molecule has 1 aliphatic rings. The van der Waals surface area contributed by atoms with Gasteiger partial charge in [-0.1, -0.05) is 12.5 Å². The molecular formula is C20H27N3O3S2. The van der Waals surface area contributed by atoms with Gasteiger partial charge in [-0.3, -0.25) is 9.69 Å². The number of thiophene rings is 1. The lowest BCUT2D eigenvalue weighted by molar-refractivity contribution is -0.117. The zero-order chi connectivity index (χ0) is 20.1. The second-order valence-corrected chi connectivity index (χ2v) is 10.2. The van der Waals surface area contributed by atoms with Gasteiger partial charge in [-0.15, -0.1) is 11.3 Å². The topological polar surface area (TPSA) is 69.7 Å². The molecule has 1 aromatic heterocycles. The van der Waals surface area contributed by atoms with Crippen molar-refractivity contribution in [3.05, 3.63) is 46.2 Å². The van der Waals surface area contributed by atoms with Gasteiger partial charge in [0.05, 0.1) is 11.4 Å². The Bertz CT molecular complexity index is 918. The second kappa shape index (κ2) is 9.17. The maximum Gasteiger partial charge on any atom is 0.243 e. The molecule has 1 saturated heterocycles. The third kappa shape index (κ3) is 5.20. The minimum Gasteiger partial charge on any atom is -0.325 e. The maximum atomic E-state index is 12.8. The lowest BCUT2D eigenvalue weighted by atomic mass is 10.2. The Labute approximate surface area is 171 Å². The summed E-state index contributed by atoms with van der Waals surface area (Å²) in [4.78, 5) is 15.8. The highest BCUT2D eigenvalue weighted by molar-refractivity contribution is 7.89. The average molecular weight is 422 g/mol. The molecule has 2 heterocycles. The third-order valence-corrected chi connectivity index (χ3v) is 7.77. The van der Waals surface area contributed by atoms with Gasteiger partial charge in [0, 0.05) is 30.2 Å². The number of carbonyl (C=O) groups excluding carboxylic acids is 1. The summed E-state index contributed by atoms with van der Waals surface area (Å²) >= 11 is 1.68. The van der Waals surface area contributed by atoms with E-state index >= 15 is 0 Å². The number of rotatable bonds is 7. The van der Waals surface area contributed by atoms with Crippen molar-refractivity contribution in [2.24, 2.45) is 0 Å². The average Bonchev–Trinajstić information content (AvgIpc) is 3.07. The number of aryl methyl sites for hydroxylation is 1. The zero-order valence-corrected chi connectivity index (χ0v) is 18.0. The number of nitrogens with one attached hydrogen (secondary N) is 1. The first-order chi connectivity index (χ1) is 13.4. The highest BCUT2D eigenvalue weighted by Gasteiger charge is 2.26. The number of anilines is 1. The van der Waals surface area contributed by atoms with Gasteiger partial charge in [0.2, 0.25) is 15.9 Å². The van der Waals surface area contributed by atoms with Crippen LogP contribution in [0.3, 0.4) is 0 Å². The molecule has 0 bridgehead atoms. The van der Waals surface area contributed by atoms with Crippen LogP contribution in [0.25, 0.3) is 0 Å². The number of nitrogens with zero attached hydrogens (tertiary/aromatic N) is 2. The Morgan fingerprint density at radius 3 is 2.64 bits per heavy atom. The zero-order valence-electron chi connectivity index (χ0n) is 16.3. The second-order valence-electron chi connectivity index (χ2n) is 7.24. The van der Waals surface area contributed by atoms with E-state index in [1.165, 1.54) is 14.7 Å². The van der Waals surface area contributed by atoms with Crippen LogP contribution in [0.1, 0.15) is 29.7 Å². The first-order valence-electron chi connectivity index (χ1n) is 9.48. The summed E-state index contributed by atoms with van der Waals surface area (Å²) in [6, 6.07) is 8.60. The molecule has 1 N–H and O–H groups in total. The summed E-state index contributed by atoms with van der Waals surface area (Å²) in [6.07, 6.45) is 2.86. The molecule has 1 aromatic carbocycles. The smallest absolute Gasteiger partial charge is 0.243 e. The quantitative estimate of drug-likeness (QED) is 0.745. The van der Waals surface area contributed by atoms with E-state index in [0.29, 0.717) is 25.3 Å². The van der Waals surface area contributed by atoms with E-state index in [0.717, 1.165) is 19.3 Å². The minimum absolute atomic E-state index is 0.163. The highest BCUT2D eigenvalue weighted by atomic mass is 32.2. The fourth-order valence-electron chi connectivity index (χ4n) is 3.30. The summed E-state index contributed by atoms with van der Waals surface area (Å²) in [5, 5.41) is 4.87. The van der Waals surface area contributed by atoms with E-state index in [1.807, 2.05) is 17.3 Å². The molecule has 8 heteroatoms. The van der Waals surface area contributed by atoms with E-state index < -0.39 is 10.0 Å². The van der Waals surface area contributed by atoms with Crippen molar-refractivity contribution in [3.8, 4) is 0 Å². The SMILES string of the molecule is Cc1ccsc1CN(C)CC(=O)Nc1cccc(S(=O)(=O)N2CCCCC2)c1. The van der Waals surface area contributed by atoms with Crippen LogP contribution >= 0.6 is 11.3 Å². The van der Waals surface area contributed by atoms with Gasteiger partial charge in [-0.25, -0.2) is 8.42 Å². The van der Waals surface area contributed by atoms with Crippen molar-refractivity contribution in [1.82, 2.24) is 9.21 Å². The molecule has 1 aliphatic heterocycles. The normalized spacial score (nSPS) is 15.7. The van der Waals surface area contributed by atoms with Crippen LogP contribution in [0.15, 0.2) is 40.6 Å². The van der Waals surface area contributed by atoms with Crippen molar-refractivity contribution in [1.29, 1.82) is 0 Å². The summed E-state index contributed by atoms with van der Waals surface area (Å²) < 4.78 is 27.2. The fourth-order valence-corrected chi connectivity index (χ4v) is 5.85. The van der Waals surface area contributed by atoms with Gasteiger partial charge in [-0.2, -0.15) is 4.31 Å². The predicted octanol–water partition coefficient (Wildman–Crippen LogP) is 3.30. The summed E-state index contributed by atoms with van der Waals surface area (Å²) in [6.45, 7) is 4.13. The van der Waals surface area contributed by atoms with Gasteiger partial charge in [0.25, 0.3) is 0 Å². The molecule has 152 valence electrons. The molecule has 2 aromatic rings. The highest BCUT2D eigenvalue weighted by Crippen LogP contribution is 2.23. The molecule has 0 unspecified atom stereocenters. The summed E-state index contributed by atoms with van der Waals surface area (Å²) in [5.74, 6) is -0.163. The van der Waals surface area contributed by atoms with Gasteiger partial charge in [0.1, 0.15) is 0 Å². The van der Waals surface area contributed by atoms with Gasteiger partial charge in [0.15, 0.2) is 0 Å². The Kier molecular flexibility index (Phi) is 6.87. The van der Waals surface area contributed by atoms with E-state index in [2.05, 4.69) is 18.3 Å². The molecule has 1 fully saturated rings. The molecule has 0 aliphatic carbocycles. The van der Waals surface area contributed by atoms with Crippen LogP contribution in [-0.4, -0.2) is 50.2 Å². The number of benzene rings is 1. The number of amides is 1. The predicted molar refractivity (Wildman–Crippen MR) is 113 cm³/mol. The number of piperidine rings is 1. The van der Waals surface area contributed by atoms with E-state index in [1.54, 1.807) is 35.6 Å². The molecule has 0 radical (unpaired) electrons. The number of hydrogen-bond acceptors (Lipinski definition) is 5. The molecule has 6 nitrogen and oxygen atoms in total. The Balaban J connectivity index is 1.62. The molecule has 0 spiro atoms. The summed E-state index contributed by atoms with van der Waals surface area (Å²) in [7, 11) is -1.61. The monoisotopic (exact) mass is 421 g/mol. The molecule has 0 saturated carbocycles.